The monoisotopic (exact) mass is 349 g/mol. The number of nitrogens with zero attached hydrogens (tertiary/aromatic N) is 1. The molecule has 2 unspecified atom stereocenters. The molecule has 3 rings (SSSR count). The molecule has 1 aliphatic rings. The first kappa shape index (κ1) is 14.1. The smallest absolute Gasteiger partial charge is 0.0621 e. The summed E-state index contributed by atoms with van der Waals surface area (Å²) in [6, 6.07) is 10.8. The second kappa shape index (κ2) is 6.28. The van der Waals surface area contributed by atoms with Crippen LogP contribution >= 0.6 is 27.5 Å². The van der Waals surface area contributed by atoms with Crippen molar-refractivity contribution in [3.05, 3.63) is 64.4 Å². The number of pyridine rings is 1. The lowest BCUT2D eigenvalue weighted by Gasteiger charge is -2.22. The zero-order chi connectivity index (χ0) is 13.9. The molecule has 2 aromatic rings. The van der Waals surface area contributed by atoms with Gasteiger partial charge in [0.2, 0.25) is 0 Å². The van der Waals surface area contributed by atoms with E-state index in [9.17, 15) is 0 Å². The van der Waals surface area contributed by atoms with Crippen molar-refractivity contribution in [3.8, 4) is 0 Å². The summed E-state index contributed by atoms with van der Waals surface area (Å²) in [5.41, 5.74) is 4.13. The van der Waals surface area contributed by atoms with Crippen molar-refractivity contribution in [2.24, 2.45) is 5.92 Å². The molecule has 1 aromatic carbocycles. The van der Waals surface area contributed by atoms with Gasteiger partial charge in [0.15, 0.2) is 0 Å². The Morgan fingerprint density at radius 3 is 2.95 bits per heavy atom. The third kappa shape index (κ3) is 2.91. The van der Waals surface area contributed by atoms with Gasteiger partial charge in [0.05, 0.1) is 5.02 Å². The van der Waals surface area contributed by atoms with Crippen LogP contribution in [0.3, 0.4) is 0 Å². The largest absolute Gasteiger partial charge is 0.263 e. The molecular formula is C17H17BrClN. The third-order valence-electron chi connectivity index (χ3n) is 4.13. The van der Waals surface area contributed by atoms with Crippen molar-refractivity contribution in [1.29, 1.82) is 0 Å². The molecule has 1 aliphatic carbocycles. The molecule has 0 aliphatic heterocycles. The zero-order valence-corrected chi connectivity index (χ0v) is 13.6. The molecule has 0 spiro atoms. The molecule has 20 heavy (non-hydrogen) atoms. The summed E-state index contributed by atoms with van der Waals surface area (Å²) in [6.45, 7) is 0. The van der Waals surface area contributed by atoms with Crippen molar-refractivity contribution < 1.29 is 0 Å². The summed E-state index contributed by atoms with van der Waals surface area (Å²) in [7, 11) is 0. The van der Waals surface area contributed by atoms with E-state index in [4.69, 9.17) is 11.6 Å². The first-order valence-electron chi connectivity index (χ1n) is 7.06. The van der Waals surface area contributed by atoms with E-state index in [1.807, 2.05) is 12.3 Å². The highest BCUT2D eigenvalue weighted by Gasteiger charge is 2.26. The molecule has 1 aromatic heterocycles. The van der Waals surface area contributed by atoms with Gasteiger partial charge in [-0.05, 0) is 54.4 Å². The van der Waals surface area contributed by atoms with Crippen LogP contribution in [-0.4, -0.2) is 4.98 Å². The number of aryl methyl sites for hydroxylation is 1. The number of halogens is 2. The Labute approximate surface area is 133 Å². The van der Waals surface area contributed by atoms with Crippen LogP contribution in [-0.2, 0) is 12.8 Å². The second-order valence-corrected chi connectivity index (χ2v) is 6.82. The Kier molecular flexibility index (Phi) is 4.42. The lowest BCUT2D eigenvalue weighted by molar-refractivity contribution is 0.475. The van der Waals surface area contributed by atoms with Crippen LogP contribution < -0.4 is 0 Å². The fourth-order valence-electron chi connectivity index (χ4n) is 3.04. The number of benzene rings is 1. The Morgan fingerprint density at radius 2 is 2.10 bits per heavy atom. The van der Waals surface area contributed by atoms with Gasteiger partial charge >= 0.3 is 0 Å². The highest BCUT2D eigenvalue weighted by molar-refractivity contribution is 9.09. The minimum atomic E-state index is 0.408. The zero-order valence-electron chi connectivity index (χ0n) is 11.2. The van der Waals surface area contributed by atoms with Gasteiger partial charge in [-0.3, -0.25) is 4.98 Å². The highest BCUT2D eigenvalue weighted by Crippen LogP contribution is 2.41. The number of alkyl halides is 1. The van der Waals surface area contributed by atoms with Crippen molar-refractivity contribution in [1.82, 2.24) is 4.98 Å². The predicted octanol–water partition coefficient (Wildman–Crippen LogP) is 5.37. The van der Waals surface area contributed by atoms with Crippen molar-refractivity contribution >= 4 is 27.5 Å². The molecule has 0 fully saturated rings. The minimum Gasteiger partial charge on any atom is -0.263 e. The molecule has 104 valence electrons. The van der Waals surface area contributed by atoms with Crippen LogP contribution in [0.5, 0.6) is 0 Å². The summed E-state index contributed by atoms with van der Waals surface area (Å²) in [5, 5.41) is 0.782. The van der Waals surface area contributed by atoms with E-state index in [1.54, 1.807) is 6.20 Å². The number of rotatable bonds is 2. The topological polar surface area (TPSA) is 12.9 Å². The molecule has 1 nitrogen and oxygen atoms in total. The second-order valence-electron chi connectivity index (χ2n) is 5.42. The standard InChI is InChI=1S/C17H17BrClN/c18-17-14(10-13-8-9-20-11-16(13)19)6-3-5-12-4-1-2-7-15(12)17/h1-2,4,7-9,11,14,17H,3,5-6,10H2. The normalized spacial score (nSPS) is 22.1. The van der Waals surface area contributed by atoms with E-state index in [1.165, 1.54) is 36.0 Å². The molecule has 0 saturated carbocycles. The Hall–Kier alpha value is -0.860. The SMILES string of the molecule is Clc1cnccc1CC1CCCc2ccccc2C1Br. The molecule has 3 heteroatoms. The predicted molar refractivity (Wildman–Crippen MR) is 87.5 cm³/mol. The Balaban J connectivity index is 1.86. The molecule has 2 atom stereocenters. The van der Waals surface area contributed by atoms with E-state index in [0.717, 1.165) is 11.4 Å². The average Bonchev–Trinajstić information content (AvgIpc) is 2.62. The van der Waals surface area contributed by atoms with Gasteiger partial charge in [-0.15, -0.1) is 0 Å². The van der Waals surface area contributed by atoms with E-state index in [-0.39, 0.29) is 0 Å². The molecule has 0 N–H and O–H groups in total. The number of hydrogen-bond donors (Lipinski definition) is 0. The molecule has 0 bridgehead atoms. The first-order chi connectivity index (χ1) is 9.75. The lowest BCUT2D eigenvalue weighted by Crippen LogP contribution is -2.10. The summed E-state index contributed by atoms with van der Waals surface area (Å²) < 4.78 is 0. The van der Waals surface area contributed by atoms with Crippen LogP contribution in [0.15, 0.2) is 42.7 Å². The van der Waals surface area contributed by atoms with E-state index in [0.29, 0.717) is 10.7 Å². The molecular weight excluding hydrogens is 334 g/mol. The van der Waals surface area contributed by atoms with Crippen LogP contribution in [0.4, 0.5) is 0 Å². The molecule has 0 saturated heterocycles. The fraction of sp³-hybridized carbons (Fsp3) is 0.353. The van der Waals surface area contributed by atoms with Crippen LogP contribution in [0.2, 0.25) is 5.02 Å². The van der Waals surface area contributed by atoms with Crippen molar-refractivity contribution in [2.45, 2.75) is 30.5 Å². The number of hydrogen-bond acceptors (Lipinski definition) is 1. The molecule has 1 heterocycles. The van der Waals surface area contributed by atoms with Gasteiger partial charge in [-0.2, -0.15) is 0 Å². The van der Waals surface area contributed by atoms with Gasteiger partial charge in [0.1, 0.15) is 0 Å². The van der Waals surface area contributed by atoms with Gasteiger partial charge in [0, 0.05) is 17.2 Å². The lowest BCUT2D eigenvalue weighted by atomic mass is 9.91. The summed E-state index contributed by atoms with van der Waals surface area (Å²) >= 11 is 10.2. The molecule has 0 radical (unpaired) electrons. The maximum Gasteiger partial charge on any atom is 0.0621 e. The third-order valence-corrected chi connectivity index (χ3v) is 5.71. The molecule has 0 amide bonds. The van der Waals surface area contributed by atoms with E-state index < -0.39 is 0 Å². The van der Waals surface area contributed by atoms with E-state index >= 15 is 0 Å². The summed E-state index contributed by atoms with van der Waals surface area (Å²) in [5.74, 6) is 0.582. The van der Waals surface area contributed by atoms with Gasteiger partial charge < -0.3 is 0 Å². The summed E-state index contributed by atoms with van der Waals surface area (Å²) in [6.07, 6.45) is 8.22. The maximum absolute atomic E-state index is 6.25. The Morgan fingerprint density at radius 1 is 1.25 bits per heavy atom. The highest BCUT2D eigenvalue weighted by atomic mass is 79.9. The number of fused-ring (bicyclic) bond motifs is 1. The van der Waals surface area contributed by atoms with Gasteiger partial charge in [-0.1, -0.05) is 51.8 Å². The Bertz CT molecular complexity index is 599. The van der Waals surface area contributed by atoms with Crippen molar-refractivity contribution in [3.63, 3.8) is 0 Å². The fourth-order valence-corrected chi connectivity index (χ4v) is 4.14. The average molecular weight is 351 g/mol. The quantitative estimate of drug-likeness (QED) is 0.524. The maximum atomic E-state index is 6.25. The van der Waals surface area contributed by atoms with E-state index in [2.05, 4.69) is 45.2 Å². The van der Waals surface area contributed by atoms with Crippen LogP contribution in [0.1, 0.15) is 34.4 Å². The van der Waals surface area contributed by atoms with Gasteiger partial charge in [0.25, 0.3) is 0 Å². The summed E-state index contributed by atoms with van der Waals surface area (Å²) in [4.78, 5) is 4.48. The van der Waals surface area contributed by atoms with Crippen molar-refractivity contribution in [2.75, 3.05) is 0 Å². The first-order valence-corrected chi connectivity index (χ1v) is 8.35. The van der Waals surface area contributed by atoms with Crippen LogP contribution in [0, 0.1) is 5.92 Å². The minimum absolute atomic E-state index is 0.408. The van der Waals surface area contributed by atoms with Gasteiger partial charge in [-0.25, -0.2) is 0 Å². The van der Waals surface area contributed by atoms with Crippen LogP contribution in [0.25, 0.3) is 0 Å². The number of aromatic nitrogens is 1.